The standard InChI is InChI=1S/C32H34N4O7/c1-14-9-17(35-43-14)12-34-13-18-5-8-23(42-18)19-6-7-22(37)27-20(19)10-16-11-21-24(29(38)26(16)30(27)39)15(2)25(32(33)41)31(40)28(21)36(3)4/h5-9,16,21,24,28,34,37,39-40H,2,10-13H2,1,3-4H3,(H2,33,41)/t16?,21?,24?,28-/m0/s1. The molecule has 0 radical (unpaired) electrons. The van der Waals surface area contributed by atoms with E-state index in [-0.39, 0.29) is 45.3 Å². The Labute approximate surface area is 248 Å². The summed E-state index contributed by atoms with van der Waals surface area (Å²) in [7, 11) is 3.53. The van der Waals surface area contributed by atoms with Crippen molar-refractivity contribution in [2.45, 2.75) is 38.9 Å². The fraction of sp³-hybridized carbons (Fsp3) is 0.344. The fourth-order valence-electron chi connectivity index (χ4n) is 7.11. The molecule has 0 saturated heterocycles. The molecule has 3 aliphatic rings. The molecule has 4 atom stereocenters. The average Bonchev–Trinajstić information content (AvgIpc) is 3.57. The molecule has 3 aliphatic carbocycles. The van der Waals surface area contributed by atoms with Crippen LogP contribution in [0.15, 0.2) is 68.3 Å². The van der Waals surface area contributed by atoms with Gasteiger partial charge in [0.2, 0.25) is 0 Å². The van der Waals surface area contributed by atoms with E-state index in [1.807, 2.05) is 25.1 Å². The second-order valence-corrected chi connectivity index (χ2v) is 11.7. The molecule has 0 spiro atoms. The van der Waals surface area contributed by atoms with Gasteiger partial charge in [0, 0.05) is 23.7 Å². The number of aliphatic hydroxyl groups excluding tert-OH is 2. The lowest BCUT2D eigenvalue weighted by atomic mass is 9.58. The van der Waals surface area contributed by atoms with Gasteiger partial charge in [-0.25, -0.2) is 0 Å². The maximum Gasteiger partial charge on any atom is 0.252 e. The van der Waals surface area contributed by atoms with Gasteiger partial charge in [-0.3, -0.25) is 14.5 Å². The lowest BCUT2D eigenvalue weighted by Gasteiger charge is -2.47. The number of carbonyl (C=O) groups excluding carboxylic acids is 2. The number of nitrogens with two attached hydrogens (primary N) is 1. The van der Waals surface area contributed by atoms with Crippen LogP contribution in [0.3, 0.4) is 0 Å². The van der Waals surface area contributed by atoms with Crippen molar-refractivity contribution in [3.63, 3.8) is 0 Å². The number of furan rings is 1. The normalized spacial score (nSPS) is 23.4. The summed E-state index contributed by atoms with van der Waals surface area (Å²) in [6, 6.07) is 8.12. The second-order valence-electron chi connectivity index (χ2n) is 11.7. The maximum absolute atomic E-state index is 14.1. The number of nitrogens with zero attached hydrogens (tertiary/aromatic N) is 2. The third kappa shape index (κ3) is 4.65. The molecule has 2 heterocycles. The molecule has 0 aliphatic heterocycles. The summed E-state index contributed by atoms with van der Waals surface area (Å²) >= 11 is 0. The number of phenols is 1. The van der Waals surface area contributed by atoms with Crippen LogP contribution in [0.4, 0.5) is 0 Å². The van der Waals surface area contributed by atoms with Gasteiger partial charge in [0.05, 0.1) is 35.3 Å². The SMILES string of the molecule is C=C1C(C(N)=O)=C(O)[C@@H](N(C)C)C2CC3Cc4c(-c5ccc(CNCc6cc(C)on6)o5)ccc(O)c4C(O)=C3C(=O)C12. The number of ketones is 1. The Kier molecular flexibility index (Phi) is 7.02. The number of aromatic hydroxyl groups is 1. The summed E-state index contributed by atoms with van der Waals surface area (Å²) in [4.78, 5) is 28.1. The van der Waals surface area contributed by atoms with E-state index in [2.05, 4.69) is 17.1 Å². The van der Waals surface area contributed by atoms with E-state index in [9.17, 15) is 24.9 Å². The molecule has 6 N–H and O–H groups in total. The van der Waals surface area contributed by atoms with Crippen molar-refractivity contribution in [2.75, 3.05) is 14.1 Å². The van der Waals surface area contributed by atoms with Gasteiger partial charge in [0.1, 0.15) is 34.5 Å². The number of benzene rings is 1. The zero-order valence-corrected chi connectivity index (χ0v) is 24.2. The molecule has 6 rings (SSSR count). The summed E-state index contributed by atoms with van der Waals surface area (Å²) in [5.74, 6) is -1.57. The number of carbonyl (C=O) groups is 2. The topological polar surface area (TPSA) is 175 Å². The number of Topliss-reactive ketones (excluding diaryl/α,β-unsaturated/α-hetero) is 1. The minimum Gasteiger partial charge on any atom is -0.510 e. The number of aryl methyl sites for hydroxylation is 1. The number of hydrogen-bond donors (Lipinski definition) is 5. The first-order valence-corrected chi connectivity index (χ1v) is 14.1. The van der Waals surface area contributed by atoms with E-state index in [0.717, 1.165) is 11.5 Å². The third-order valence-electron chi connectivity index (χ3n) is 8.82. The minimum atomic E-state index is -0.863. The number of allylic oxidation sites excluding steroid dienone is 1. The van der Waals surface area contributed by atoms with Crippen molar-refractivity contribution in [3.8, 4) is 17.1 Å². The van der Waals surface area contributed by atoms with E-state index in [1.54, 1.807) is 25.1 Å². The fourth-order valence-corrected chi connectivity index (χ4v) is 7.11. The number of aromatic nitrogens is 1. The molecular formula is C32H34N4O7. The van der Waals surface area contributed by atoms with Crippen molar-refractivity contribution < 1.29 is 33.8 Å². The zero-order chi connectivity index (χ0) is 30.7. The Morgan fingerprint density at radius 3 is 2.63 bits per heavy atom. The number of amides is 1. The van der Waals surface area contributed by atoms with Crippen LogP contribution in [0.1, 0.15) is 34.8 Å². The number of likely N-dealkylation sites (N-methyl/N-ethyl adjacent to an activating group) is 1. The largest absolute Gasteiger partial charge is 0.510 e. The summed E-state index contributed by atoms with van der Waals surface area (Å²) in [5.41, 5.74) is 8.11. The highest BCUT2D eigenvalue weighted by Crippen LogP contribution is 2.53. The lowest BCUT2D eigenvalue weighted by Crippen LogP contribution is -2.52. The highest BCUT2D eigenvalue weighted by atomic mass is 16.5. The Morgan fingerprint density at radius 2 is 1.95 bits per heavy atom. The van der Waals surface area contributed by atoms with Crippen LogP contribution in [0, 0.1) is 24.7 Å². The van der Waals surface area contributed by atoms with E-state index in [1.165, 1.54) is 6.07 Å². The summed E-state index contributed by atoms with van der Waals surface area (Å²) in [5, 5.41) is 40.7. The number of rotatable bonds is 7. The minimum absolute atomic E-state index is 0.146. The Hall–Kier alpha value is -4.61. The number of phenolic OH excluding ortho intramolecular Hbond substituents is 1. The number of nitrogens with one attached hydrogen (secondary N) is 1. The second kappa shape index (κ2) is 10.6. The first-order valence-electron chi connectivity index (χ1n) is 14.1. The molecule has 1 fully saturated rings. The van der Waals surface area contributed by atoms with Gasteiger partial charge in [-0.1, -0.05) is 11.7 Å². The Balaban J connectivity index is 1.34. The molecule has 43 heavy (non-hydrogen) atoms. The number of primary amides is 1. The van der Waals surface area contributed by atoms with Crippen LogP contribution in [0.2, 0.25) is 0 Å². The Bertz CT molecular complexity index is 1730. The van der Waals surface area contributed by atoms with Crippen LogP contribution in [-0.2, 0) is 29.1 Å². The lowest BCUT2D eigenvalue weighted by molar-refractivity contribution is -0.123. The van der Waals surface area contributed by atoms with E-state index in [0.29, 0.717) is 48.6 Å². The van der Waals surface area contributed by atoms with Crippen molar-refractivity contribution >= 4 is 17.4 Å². The number of hydrogen-bond acceptors (Lipinski definition) is 10. The number of fused-ring (bicyclic) bond motifs is 3. The van der Waals surface area contributed by atoms with E-state index < -0.39 is 29.7 Å². The zero-order valence-electron chi connectivity index (χ0n) is 24.2. The van der Waals surface area contributed by atoms with Crippen LogP contribution < -0.4 is 11.1 Å². The highest BCUT2D eigenvalue weighted by molar-refractivity contribution is 6.10. The van der Waals surface area contributed by atoms with Gasteiger partial charge in [-0.05, 0) is 81.1 Å². The molecule has 11 nitrogen and oxygen atoms in total. The number of aliphatic hydroxyl groups is 2. The molecule has 2 aromatic heterocycles. The monoisotopic (exact) mass is 586 g/mol. The van der Waals surface area contributed by atoms with Crippen LogP contribution in [-0.4, -0.2) is 57.2 Å². The first kappa shape index (κ1) is 28.5. The molecule has 3 aromatic rings. The molecule has 0 bridgehead atoms. The van der Waals surface area contributed by atoms with Gasteiger partial charge in [0.15, 0.2) is 5.78 Å². The van der Waals surface area contributed by atoms with Crippen molar-refractivity contribution in [2.24, 2.45) is 23.5 Å². The summed E-state index contributed by atoms with van der Waals surface area (Å²) in [6.07, 6.45) is 0.782. The van der Waals surface area contributed by atoms with E-state index in [4.69, 9.17) is 14.7 Å². The van der Waals surface area contributed by atoms with Gasteiger partial charge in [-0.2, -0.15) is 0 Å². The van der Waals surface area contributed by atoms with Crippen molar-refractivity contribution in [3.05, 3.63) is 87.7 Å². The molecule has 224 valence electrons. The average molecular weight is 587 g/mol. The molecule has 11 heteroatoms. The van der Waals surface area contributed by atoms with Crippen LogP contribution in [0.25, 0.3) is 17.1 Å². The van der Waals surface area contributed by atoms with Crippen LogP contribution in [0.5, 0.6) is 5.75 Å². The predicted octanol–water partition coefficient (Wildman–Crippen LogP) is 3.68. The molecule has 1 amide bonds. The summed E-state index contributed by atoms with van der Waals surface area (Å²) in [6.45, 7) is 6.76. The van der Waals surface area contributed by atoms with Gasteiger partial charge in [-0.15, -0.1) is 0 Å². The highest BCUT2D eigenvalue weighted by Gasteiger charge is 2.53. The Morgan fingerprint density at radius 1 is 1.19 bits per heavy atom. The molecule has 3 unspecified atom stereocenters. The third-order valence-corrected chi connectivity index (χ3v) is 8.82. The molecule has 1 aromatic carbocycles. The quantitative estimate of drug-likeness (QED) is 0.275. The van der Waals surface area contributed by atoms with Gasteiger partial charge >= 0.3 is 0 Å². The van der Waals surface area contributed by atoms with Crippen molar-refractivity contribution in [1.29, 1.82) is 0 Å². The smallest absolute Gasteiger partial charge is 0.252 e. The summed E-state index contributed by atoms with van der Waals surface area (Å²) < 4.78 is 11.3. The van der Waals surface area contributed by atoms with Gasteiger partial charge < -0.3 is 35.3 Å². The predicted molar refractivity (Wildman–Crippen MR) is 156 cm³/mol. The van der Waals surface area contributed by atoms with Crippen LogP contribution >= 0.6 is 0 Å². The maximum atomic E-state index is 14.1. The molecular weight excluding hydrogens is 552 g/mol. The van der Waals surface area contributed by atoms with Crippen molar-refractivity contribution in [1.82, 2.24) is 15.4 Å². The van der Waals surface area contributed by atoms with Gasteiger partial charge in [0.25, 0.3) is 5.91 Å². The van der Waals surface area contributed by atoms with E-state index >= 15 is 0 Å². The molecule has 1 saturated carbocycles. The first-order chi connectivity index (χ1) is 20.5.